The summed E-state index contributed by atoms with van der Waals surface area (Å²) in [5, 5.41) is 0. The summed E-state index contributed by atoms with van der Waals surface area (Å²) in [6.07, 6.45) is 1.71. The minimum absolute atomic E-state index is 0.144. The number of carbonyl (C=O) groups excluding carboxylic acids is 1. The van der Waals surface area contributed by atoms with Crippen LogP contribution in [0.4, 0.5) is 0 Å². The molecule has 0 saturated heterocycles. The first-order valence-corrected chi connectivity index (χ1v) is 9.04. The maximum atomic E-state index is 12.8. The normalized spacial score (nSPS) is 23.0. The lowest BCUT2D eigenvalue weighted by molar-refractivity contribution is -0.144. The van der Waals surface area contributed by atoms with Gasteiger partial charge in [0.1, 0.15) is 21.4 Å². The maximum Gasteiger partial charge on any atom is 0.317 e. The summed E-state index contributed by atoms with van der Waals surface area (Å²) < 4.78 is 11.2. The Morgan fingerprint density at radius 3 is 2.31 bits per heavy atom. The van der Waals surface area contributed by atoms with Crippen LogP contribution in [0.3, 0.4) is 0 Å². The SMILES string of the molecule is COC(=O)C1(c2cccc(Oc3ccccc3)c2)C(C=C(Cl)Cl)C1(C)C. The van der Waals surface area contributed by atoms with E-state index in [1.165, 1.54) is 7.11 Å². The summed E-state index contributed by atoms with van der Waals surface area (Å²) in [5.74, 6) is 0.904. The topological polar surface area (TPSA) is 35.5 Å². The lowest BCUT2D eigenvalue weighted by Gasteiger charge is -2.19. The summed E-state index contributed by atoms with van der Waals surface area (Å²) >= 11 is 11.8. The van der Waals surface area contributed by atoms with E-state index in [0.717, 1.165) is 11.3 Å². The summed E-state index contributed by atoms with van der Waals surface area (Å²) in [5.41, 5.74) is -0.425. The van der Waals surface area contributed by atoms with E-state index in [-0.39, 0.29) is 21.8 Å². The van der Waals surface area contributed by atoms with Crippen LogP contribution < -0.4 is 4.74 Å². The third-order valence-corrected chi connectivity index (χ3v) is 5.50. The zero-order chi connectivity index (χ0) is 18.9. The number of para-hydroxylation sites is 1. The molecule has 1 aliphatic rings. The molecular formula is C21H20Cl2O3. The van der Waals surface area contributed by atoms with Gasteiger partial charge in [-0.05, 0) is 41.3 Å². The maximum absolute atomic E-state index is 12.8. The van der Waals surface area contributed by atoms with Gasteiger partial charge in [-0.1, -0.05) is 67.4 Å². The highest BCUT2D eigenvalue weighted by atomic mass is 35.5. The van der Waals surface area contributed by atoms with Gasteiger partial charge in [-0.15, -0.1) is 0 Å². The first-order chi connectivity index (χ1) is 12.3. The number of halogens is 2. The molecule has 0 aromatic heterocycles. The van der Waals surface area contributed by atoms with Crippen molar-refractivity contribution in [2.24, 2.45) is 11.3 Å². The Morgan fingerprint density at radius 1 is 1.04 bits per heavy atom. The lowest BCUT2D eigenvalue weighted by Crippen LogP contribution is -2.28. The number of allylic oxidation sites excluding steroid dienone is 1. The summed E-state index contributed by atoms with van der Waals surface area (Å²) in [4.78, 5) is 12.8. The van der Waals surface area contributed by atoms with E-state index in [9.17, 15) is 4.79 Å². The second-order valence-electron chi connectivity index (χ2n) is 6.90. The van der Waals surface area contributed by atoms with Crippen LogP contribution in [0.15, 0.2) is 65.2 Å². The van der Waals surface area contributed by atoms with Crippen LogP contribution in [0.2, 0.25) is 0 Å². The molecule has 136 valence electrons. The number of rotatable bonds is 5. The minimum Gasteiger partial charge on any atom is -0.468 e. The first kappa shape index (κ1) is 18.8. The average molecular weight is 391 g/mol. The molecule has 3 rings (SSSR count). The molecule has 0 radical (unpaired) electrons. The van der Waals surface area contributed by atoms with Crippen LogP contribution >= 0.6 is 23.2 Å². The molecule has 5 heteroatoms. The molecule has 26 heavy (non-hydrogen) atoms. The molecule has 0 N–H and O–H groups in total. The van der Waals surface area contributed by atoms with E-state index >= 15 is 0 Å². The first-order valence-electron chi connectivity index (χ1n) is 8.28. The second-order valence-corrected chi connectivity index (χ2v) is 7.91. The van der Waals surface area contributed by atoms with Crippen molar-refractivity contribution in [1.29, 1.82) is 0 Å². The van der Waals surface area contributed by atoms with Gasteiger partial charge in [0.05, 0.1) is 7.11 Å². The number of ether oxygens (including phenoxy) is 2. The van der Waals surface area contributed by atoms with Gasteiger partial charge >= 0.3 is 5.97 Å². The highest BCUT2D eigenvalue weighted by Gasteiger charge is 2.76. The van der Waals surface area contributed by atoms with Crippen molar-refractivity contribution in [2.75, 3.05) is 7.11 Å². The fourth-order valence-corrected chi connectivity index (χ4v) is 4.16. The molecule has 3 nitrogen and oxygen atoms in total. The van der Waals surface area contributed by atoms with E-state index in [1.54, 1.807) is 6.08 Å². The van der Waals surface area contributed by atoms with Crippen LogP contribution in [0.25, 0.3) is 0 Å². The molecule has 0 bridgehead atoms. The lowest BCUT2D eigenvalue weighted by atomic mass is 9.87. The van der Waals surface area contributed by atoms with Gasteiger partial charge in [-0.25, -0.2) is 0 Å². The van der Waals surface area contributed by atoms with Gasteiger partial charge in [0.2, 0.25) is 0 Å². The largest absolute Gasteiger partial charge is 0.468 e. The molecular weight excluding hydrogens is 371 g/mol. The number of carbonyl (C=O) groups is 1. The number of methoxy groups -OCH3 is 1. The molecule has 0 spiro atoms. The van der Waals surface area contributed by atoms with E-state index in [0.29, 0.717) is 5.75 Å². The third-order valence-electron chi connectivity index (χ3n) is 5.25. The average Bonchev–Trinajstić information content (AvgIpc) is 3.10. The van der Waals surface area contributed by atoms with Crippen molar-refractivity contribution >= 4 is 29.2 Å². The van der Waals surface area contributed by atoms with E-state index in [2.05, 4.69) is 0 Å². The fraction of sp³-hybridized carbons (Fsp3) is 0.286. The molecule has 0 aliphatic heterocycles. The van der Waals surface area contributed by atoms with Gasteiger partial charge < -0.3 is 9.47 Å². The predicted octanol–water partition coefficient (Wildman–Crippen LogP) is 5.86. The standard InChI is InChI=1S/C21H20Cl2O3/c1-20(2)17(13-18(22)23)21(20,19(24)25-3)14-8-7-11-16(12-14)26-15-9-5-4-6-10-15/h4-13,17H,1-3H3. The fourth-order valence-electron chi connectivity index (χ4n) is 3.91. The van der Waals surface area contributed by atoms with Crippen LogP contribution in [0.5, 0.6) is 11.5 Å². The van der Waals surface area contributed by atoms with Crippen molar-refractivity contribution < 1.29 is 14.3 Å². The Bertz CT molecular complexity index is 841. The Morgan fingerprint density at radius 2 is 1.69 bits per heavy atom. The Kier molecular flexibility index (Phi) is 5.05. The number of hydrogen-bond acceptors (Lipinski definition) is 3. The van der Waals surface area contributed by atoms with Crippen LogP contribution in [-0.2, 0) is 14.9 Å². The van der Waals surface area contributed by atoms with Crippen LogP contribution in [0.1, 0.15) is 19.4 Å². The van der Waals surface area contributed by atoms with Gasteiger partial charge in [0.15, 0.2) is 0 Å². The molecule has 2 aromatic carbocycles. The Labute approximate surface area is 163 Å². The van der Waals surface area contributed by atoms with Crippen molar-refractivity contribution in [3.05, 3.63) is 70.7 Å². The van der Waals surface area contributed by atoms with Gasteiger partial charge in [-0.3, -0.25) is 4.79 Å². The minimum atomic E-state index is -0.854. The van der Waals surface area contributed by atoms with E-state index < -0.39 is 5.41 Å². The monoisotopic (exact) mass is 390 g/mol. The summed E-state index contributed by atoms with van der Waals surface area (Å²) in [7, 11) is 1.39. The number of esters is 1. The zero-order valence-corrected chi connectivity index (χ0v) is 16.3. The predicted molar refractivity (Wildman–Crippen MR) is 104 cm³/mol. The van der Waals surface area contributed by atoms with Gasteiger partial charge in [-0.2, -0.15) is 0 Å². The summed E-state index contributed by atoms with van der Waals surface area (Å²) in [6.45, 7) is 4.01. The van der Waals surface area contributed by atoms with Crippen molar-refractivity contribution in [2.45, 2.75) is 19.3 Å². The molecule has 0 amide bonds. The molecule has 2 atom stereocenters. The Hall–Kier alpha value is -1.97. The van der Waals surface area contributed by atoms with Crippen molar-refractivity contribution in [1.82, 2.24) is 0 Å². The highest BCUT2D eigenvalue weighted by molar-refractivity contribution is 6.55. The molecule has 1 fully saturated rings. The van der Waals surface area contributed by atoms with Crippen LogP contribution in [0, 0.1) is 11.3 Å². The molecule has 1 aliphatic carbocycles. The van der Waals surface area contributed by atoms with E-state index in [1.807, 2.05) is 68.4 Å². The summed E-state index contributed by atoms with van der Waals surface area (Å²) in [6, 6.07) is 17.0. The quantitative estimate of drug-likeness (QED) is 0.599. The molecule has 1 saturated carbocycles. The van der Waals surface area contributed by atoms with Gasteiger partial charge in [0, 0.05) is 5.92 Å². The van der Waals surface area contributed by atoms with E-state index in [4.69, 9.17) is 32.7 Å². The molecule has 0 heterocycles. The third kappa shape index (κ3) is 3.00. The highest BCUT2D eigenvalue weighted by Crippen LogP contribution is 2.71. The zero-order valence-electron chi connectivity index (χ0n) is 14.8. The van der Waals surface area contributed by atoms with Crippen LogP contribution in [-0.4, -0.2) is 13.1 Å². The Balaban J connectivity index is 2.03. The van der Waals surface area contributed by atoms with Crippen molar-refractivity contribution in [3.63, 3.8) is 0 Å². The molecule has 2 aromatic rings. The molecule has 2 unspecified atom stereocenters. The second kappa shape index (κ2) is 6.98. The number of hydrogen-bond donors (Lipinski definition) is 0. The smallest absolute Gasteiger partial charge is 0.317 e. The van der Waals surface area contributed by atoms with Crippen molar-refractivity contribution in [3.8, 4) is 11.5 Å². The number of benzene rings is 2. The van der Waals surface area contributed by atoms with Gasteiger partial charge in [0.25, 0.3) is 0 Å².